The highest BCUT2D eigenvalue weighted by Crippen LogP contribution is 2.15. The molecule has 1 rings (SSSR count). The molecule has 88 valence electrons. The van der Waals surface area contributed by atoms with Crippen molar-refractivity contribution < 1.29 is 4.79 Å². The SMILES string of the molecule is CNCCN(C)C(=O)c1cc(C)ccc1N. The lowest BCUT2D eigenvalue weighted by Gasteiger charge is -2.18. The van der Waals surface area contributed by atoms with E-state index < -0.39 is 0 Å². The predicted molar refractivity (Wildman–Crippen MR) is 66.5 cm³/mol. The van der Waals surface area contributed by atoms with E-state index in [0.717, 1.165) is 12.1 Å². The van der Waals surface area contributed by atoms with Crippen LogP contribution in [-0.4, -0.2) is 38.0 Å². The quantitative estimate of drug-likeness (QED) is 0.742. The topological polar surface area (TPSA) is 58.4 Å². The zero-order valence-electron chi connectivity index (χ0n) is 10.1. The first-order valence-corrected chi connectivity index (χ1v) is 5.32. The van der Waals surface area contributed by atoms with Crippen molar-refractivity contribution in [3.8, 4) is 0 Å². The van der Waals surface area contributed by atoms with Gasteiger partial charge >= 0.3 is 0 Å². The van der Waals surface area contributed by atoms with Crippen LogP contribution in [0.25, 0.3) is 0 Å². The molecule has 0 radical (unpaired) electrons. The van der Waals surface area contributed by atoms with Gasteiger partial charge in [-0.25, -0.2) is 0 Å². The van der Waals surface area contributed by atoms with Gasteiger partial charge in [-0.05, 0) is 26.1 Å². The molecule has 1 amide bonds. The Labute approximate surface area is 96.4 Å². The van der Waals surface area contributed by atoms with Gasteiger partial charge in [-0.15, -0.1) is 0 Å². The third kappa shape index (κ3) is 2.97. The van der Waals surface area contributed by atoms with Crippen LogP contribution in [0.4, 0.5) is 5.69 Å². The van der Waals surface area contributed by atoms with Crippen LogP contribution in [0.2, 0.25) is 0 Å². The molecule has 4 nitrogen and oxygen atoms in total. The summed E-state index contributed by atoms with van der Waals surface area (Å²) in [6, 6.07) is 5.50. The van der Waals surface area contributed by atoms with Gasteiger partial charge in [0, 0.05) is 25.8 Å². The van der Waals surface area contributed by atoms with Crippen molar-refractivity contribution in [2.45, 2.75) is 6.92 Å². The van der Waals surface area contributed by atoms with Crippen molar-refractivity contribution in [2.24, 2.45) is 0 Å². The Morgan fingerprint density at radius 2 is 2.19 bits per heavy atom. The summed E-state index contributed by atoms with van der Waals surface area (Å²) in [5, 5.41) is 3.01. The lowest BCUT2D eigenvalue weighted by molar-refractivity contribution is 0.0798. The summed E-state index contributed by atoms with van der Waals surface area (Å²) in [6.07, 6.45) is 0. The van der Waals surface area contributed by atoms with Gasteiger partial charge in [-0.1, -0.05) is 11.6 Å². The van der Waals surface area contributed by atoms with Crippen molar-refractivity contribution in [3.05, 3.63) is 29.3 Å². The summed E-state index contributed by atoms with van der Waals surface area (Å²) < 4.78 is 0. The summed E-state index contributed by atoms with van der Waals surface area (Å²) in [4.78, 5) is 13.7. The van der Waals surface area contributed by atoms with E-state index in [9.17, 15) is 4.79 Å². The van der Waals surface area contributed by atoms with Crippen LogP contribution in [0.1, 0.15) is 15.9 Å². The number of aryl methyl sites for hydroxylation is 1. The maximum atomic E-state index is 12.0. The van der Waals surface area contributed by atoms with Crippen LogP contribution >= 0.6 is 0 Å². The van der Waals surface area contributed by atoms with Crippen molar-refractivity contribution in [2.75, 3.05) is 32.9 Å². The molecule has 4 heteroatoms. The maximum Gasteiger partial charge on any atom is 0.255 e. The zero-order valence-corrected chi connectivity index (χ0v) is 10.1. The number of nitrogens with zero attached hydrogens (tertiary/aromatic N) is 1. The van der Waals surface area contributed by atoms with Crippen LogP contribution in [0.5, 0.6) is 0 Å². The molecule has 0 heterocycles. The van der Waals surface area contributed by atoms with Crippen LogP contribution in [0, 0.1) is 6.92 Å². The normalized spacial score (nSPS) is 10.2. The lowest BCUT2D eigenvalue weighted by atomic mass is 10.1. The number of anilines is 1. The summed E-state index contributed by atoms with van der Waals surface area (Å²) in [7, 11) is 3.64. The number of nitrogens with two attached hydrogens (primary N) is 1. The number of benzene rings is 1. The van der Waals surface area contributed by atoms with Gasteiger partial charge in [-0.3, -0.25) is 4.79 Å². The minimum atomic E-state index is -0.0311. The molecule has 0 spiro atoms. The highest BCUT2D eigenvalue weighted by atomic mass is 16.2. The second kappa shape index (κ2) is 5.51. The summed E-state index contributed by atoms with van der Waals surface area (Å²) >= 11 is 0. The second-order valence-corrected chi connectivity index (χ2v) is 3.92. The van der Waals surface area contributed by atoms with Crippen molar-refractivity contribution >= 4 is 11.6 Å². The maximum absolute atomic E-state index is 12.0. The molecule has 0 bridgehead atoms. The molecule has 0 unspecified atom stereocenters. The summed E-state index contributed by atoms with van der Waals surface area (Å²) in [5.41, 5.74) is 7.95. The average Bonchev–Trinajstić information content (AvgIpc) is 2.28. The Hall–Kier alpha value is -1.55. The molecule has 0 atom stereocenters. The highest BCUT2D eigenvalue weighted by molar-refractivity contribution is 5.99. The summed E-state index contributed by atoms with van der Waals surface area (Å²) in [5.74, 6) is -0.0311. The lowest BCUT2D eigenvalue weighted by Crippen LogP contribution is -2.33. The number of carbonyl (C=O) groups excluding carboxylic acids is 1. The molecule has 16 heavy (non-hydrogen) atoms. The predicted octanol–water partition coefficient (Wildman–Crippen LogP) is 0.869. The van der Waals surface area contributed by atoms with Gasteiger partial charge in [0.05, 0.1) is 5.56 Å². The average molecular weight is 221 g/mol. The van der Waals surface area contributed by atoms with E-state index in [1.54, 1.807) is 18.0 Å². The van der Waals surface area contributed by atoms with E-state index in [1.165, 1.54) is 0 Å². The fourth-order valence-electron chi connectivity index (χ4n) is 1.44. The number of rotatable bonds is 4. The molecule has 0 aromatic heterocycles. The molecule has 3 N–H and O–H groups in total. The number of carbonyl (C=O) groups is 1. The molecule has 0 fully saturated rings. The zero-order chi connectivity index (χ0) is 12.1. The smallest absolute Gasteiger partial charge is 0.255 e. The van der Waals surface area contributed by atoms with E-state index in [-0.39, 0.29) is 5.91 Å². The van der Waals surface area contributed by atoms with Crippen LogP contribution in [0.15, 0.2) is 18.2 Å². The monoisotopic (exact) mass is 221 g/mol. The molecule has 0 aliphatic rings. The number of hydrogen-bond donors (Lipinski definition) is 2. The standard InChI is InChI=1S/C12H19N3O/c1-9-4-5-11(13)10(8-9)12(16)15(3)7-6-14-2/h4-5,8,14H,6-7,13H2,1-3H3. The van der Waals surface area contributed by atoms with Gasteiger partial charge in [0.2, 0.25) is 0 Å². The molecule has 0 saturated carbocycles. The van der Waals surface area contributed by atoms with Crippen molar-refractivity contribution in [1.29, 1.82) is 0 Å². The fourth-order valence-corrected chi connectivity index (χ4v) is 1.44. The van der Waals surface area contributed by atoms with Crippen LogP contribution in [0.3, 0.4) is 0 Å². The minimum absolute atomic E-state index is 0.0311. The first-order valence-electron chi connectivity index (χ1n) is 5.32. The number of nitrogens with one attached hydrogen (secondary N) is 1. The van der Waals surface area contributed by atoms with Gasteiger partial charge in [0.25, 0.3) is 5.91 Å². The first kappa shape index (κ1) is 12.5. The Morgan fingerprint density at radius 1 is 1.50 bits per heavy atom. The molecular weight excluding hydrogens is 202 g/mol. The van der Waals surface area contributed by atoms with E-state index >= 15 is 0 Å². The van der Waals surface area contributed by atoms with E-state index in [4.69, 9.17) is 5.73 Å². The molecule has 1 aromatic carbocycles. The molecule has 0 saturated heterocycles. The van der Waals surface area contributed by atoms with Crippen molar-refractivity contribution in [3.63, 3.8) is 0 Å². The number of nitrogen functional groups attached to an aromatic ring is 1. The fraction of sp³-hybridized carbons (Fsp3) is 0.417. The highest BCUT2D eigenvalue weighted by Gasteiger charge is 2.13. The number of hydrogen-bond acceptors (Lipinski definition) is 3. The Morgan fingerprint density at radius 3 is 2.81 bits per heavy atom. The largest absolute Gasteiger partial charge is 0.398 e. The summed E-state index contributed by atoms with van der Waals surface area (Å²) in [6.45, 7) is 3.39. The Bertz CT molecular complexity index is 377. The van der Waals surface area contributed by atoms with Crippen LogP contribution in [-0.2, 0) is 0 Å². The van der Waals surface area contributed by atoms with Crippen molar-refractivity contribution in [1.82, 2.24) is 10.2 Å². The van der Waals surface area contributed by atoms with Gasteiger partial charge in [0.15, 0.2) is 0 Å². The Balaban J connectivity index is 2.83. The number of amides is 1. The number of likely N-dealkylation sites (N-methyl/N-ethyl adjacent to an activating group) is 2. The molecule has 1 aromatic rings. The van der Waals surface area contributed by atoms with Gasteiger partial charge < -0.3 is 16.0 Å². The minimum Gasteiger partial charge on any atom is -0.398 e. The first-order chi connectivity index (χ1) is 7.56. The molecule has 0 aliphatic heterocycles. The molecule has 0 aliphatic carbocycles. The van der Waals surface area contributed by atoms with Gasteiger partial charge in [-0.2, -0.15) is 0 Å². The van der Waals surface area contributed by atoms with E-state index in [2.05, 4.69) is 5.32 Å². The second-order valence-electron chi connectivity index (χ2n) is 3.92. The van der Waals surface area contributed by atoms with E-state index in [1.807, 2.05) is 26.1 Å². The third-order valence-electron chi connectivity index (χ3n) is 2.48. The Kier molecular flexibility index (Phi) is 4.31. The third-order valence-corrected chi connectivity index (χ3v) is 2.48. The van der Waals surface area contributed by atoms with E-state index in [0.29, 0.717) is 17.8 Å². The van der Waals surface area contributed by atoms with Crippen LogP contribution < -0.4 is 11.1 Å². The van der Waals surface area contributed by atoms with Gasteiger partial charge in [0.1, 0.15) is 0 Å². The molecular formula is C12H19N3O.